The Kier molecular flexibility index (Phi) is 5.06. The van der Waals surface area contributed by atoms with Gasteiger partial charge in [0, 0.05) is 18.0 Å². The average Bonchev–Trinajstić information content (AvgIpc) is 2.08. The van der Waals surface area contributed by atoms with Gasteiger partial charge in [-0.3, -0.25) is 4.79 Å². The van der Waals surface area contributed by atoms with E-state index >= 15 is 0 Å². The molecule has 0 radical (unpaired) electrons. The number of carbonyl (C=O) groups excluding carboxylic acids is 1. The molecule has 4 heteroatoms. The first-order valence-electron chi connectivity index (χ1n) is 6.22. The molecule has 0 aromatic heterocycles. The van der Waals surface area contributed by atoms with Crippen molar-refractivity contribution in [3.63, 3.8) is 0 Å². The van der Waals surface area contributed by atoms with Crippen LogP contribution in [0.4, 0.5) is 0 Å². The molecule has 1 heterocycles. The summed E-state index contributed by atoms with van der Waals surface area (Å²) >= 11 is 0. The standard InChI is InChI=1S/C12H22N2O.ClH/c1-8-6-7-13-9(2)11(8)14-12(15)10-4-3-5-10;/h8-11,13H,3-7H2,1-2H3,(H,14,15);1H. The number of nitrogens with one attached hydrogen (secondary N) is 2. The van der Waals surface area contributed by atoms with E-state index in [9.17, 15) is 4.79 Å². The van der Waals surface area contributed by atoms with Crippen LogP contribution in [0.15, 0.2) is 0 Å². The molecule has 0 bridgehead atoms. The highest BCUT2D eigenvalue weighted by molar-refractivity contribution is 5.85. The summed E-state index contributed by atoms with van der Waals surface area (Å²) in [6.07, 6.45) is 4.58. The van der Waals surface area contributed by atoms with Crippen LogP contribution in [0, 0.1) is 11.8 Å². The number of hydrogen-bond donors (Lipinski definition) is 2. The quantitative estimate of drug-likeness (QED) is 0.779. The Morgan fingerprint density at radius 3 is 2.44 bits per heavy atom. The van der Waals surface area contributed by atoms with Gasteiger partial charge in [0.05, 0.1) is 0 Å². The van der Waals surface area contributed by atoms with E-state index in [0.29, 0.717) is 23.9 Å². The highest BCUT2D eigenvalue weighted by atomic mass is 35.5. The summed E-state index contributed by atoms with van der Waals surface area (Å²) in [6, 6.07) is 0.740. The molecule has 1 amide bonds. The number of carbonyl (C=O) groups is 1. The summed E-state index contributed by atoms with van der Waals surface area (Å²) in [6.45, 7) is 5.49. The largest absolute Gasteiger partial charge is 0.351 e. The van der Waals surface area contributed by atoms with E-state index in [4.69, 9.17) is 0 Å². The fraction of sp³-hybridized carbons (Fsp3) is 0.917. The fourth-order valence-electron chi connectivity index (χ4n) is 2.56. The Labute approximate surface area is 104 Å². The second-order valence-corrected chi connectivity index (χ2v) is 5.17. The third kappa shape index (κ3) is 2.89. The van der Waals surface area contributed by atoms with Crippen LogP contribution >= 0.6 is 12.4 Å². The Bertz CT molecular complexity index is 233. The van der Waals surface area contributed by atoms with Crippen molar-refractivity contribution in [2.24, 2.45) is 11.8 Å². The van der Waals surface area contributed by atoms with Crippen molar-refractivity contribution in [1.29, 1.82) is 0 Å². The molecule has 1 saturated heterocycles. The van der Waals surface area contributed by atoms with Gasteiger partial charge in [0.1, 0.15) is 0 Å². The third-order valence-corrected chi connectivity index (χ3v) is 4.00. The number of hydrogen-bond acceptors (Lipinski definition) is 2. The molecule has 94 valence electrons. The Morgan fingerprint density at radius 1 is 1.25 bits per heavy atom. The second-order valence-electron chi connectivity index (χ2n) is 5.17. The van der Waals surface area contributed by atoms with Gasteiger partial charge in [0.15, 0.2) is 0 Å². The van der Waals surface area contributed by atoms with E-state index in [1.807, 2.05) is 0 Å². The van der Waals surface area contributed by atoms with Gasteiger partial charge in [0.2, 0.25) is 5.91 Å². The zero-order valence-corrected chi connectivity index (χ0v) is 11.0. The molecule has 2 rings (SSSR count). The summed E-state index contributed by atoms with van der Waals surface area (Å²) < 4.78 is 0. The molecule has 3 unspecified atom stereocenters. The lowest BCUT2D eigenvalue weighted by molar-refractivity contribution is -0.128. The number of piperidine rings is 1. The molecule has 2 N–H and O–H groups in total. The van der Waals surface area contributed by atoms with Crippen molar-refractivity contribution in [2.75, 3.05) is 6.54 Å². The minimum atomic E-state index is 0. The van der Waals surface area contributed by atoms with Crippen LogP contribution in [0.1, 0.15) is 39.5 Å². The summed E-state index contributed by atoms with van der Waals surface area (Å²) in [7, 11) is 0. The highest BCUT2D eigenvalue weighted by Gasteiger charge is 2.32. The van der Waals surface area contributed by atoms with Crippen LogP contribution in [0.5, 0.6) is 0 Å². The third-order valence-electron chi connectivity index (χ3n) is 4.00. The molecule has 1 aliphatic carbocycles. The summed E-state index contributed by atoms with van der Waals surface area (Å²) in [5, 5.41) is 6.65. The van der Waals surface area contributed by atoms with E-state index in [2.05, 4.69) is 24.5 Å². The molecule has 16 heavy (non-hydrogen) atoms. The first-order chi connectivity index (χ1) is 7.18. The van der Waals surface area contributed by atoms with Crippen molar-refractivity contribution in [3.8, 4) is 0 Å². The zero-order chi connectivity index (χ0) is 10.8. The topological polar surface area (TPSA) is 41.1 Å². The van der Waals surface area contributed by atoms with Gasteiger partial charge < -0.3 is 10.6 Å². The van der Waals surface area contributed by atoms with Crippen molar-refractivity contribution < 1.29 is 4.79 Å². The number of rotatable bonds is 2. The molecule has 3 atom stereocenters. The second kappa shape index (κ2) is 5.87. The molecule has 1 saturated carbocycles. The van der Waals surface area contributed by atoms with Crippen LogP contribution in [-0.2, 0) is 4.79 Å². The molecular weight excluding hydrogens is 224 g/mol. The SMILES string of the molecule is CC1CCNC(C)C1NC(=O)C1CCC1.Cl. The molecule has 0 aromatic rings. The van der Waals surface area contributed by atoms with E-state index in [-0.39, 0.29) is 18.3 Å². The first-order valence-corrected chi connectivity index (χ1v) is 6.22. The van der Waals surface area contributed by atoms with Crippen LogP contribution in [0.3, 0.4) is 0 Å². The first kappa shape index (κ1) is 13.8. The fourth-order valence-corrected chi connectivity index (χ4v) is 2.56. The zero-order valence-electron chi connectivity index (χ0n) is 10.2. The lowest BCUT2D eigenvalue weighted by atomic mass is 9.83. The minimum absolute atomic E-state index is 0. The Hall–Kier alpha value is -0.280. The molecule has 2 aliphatic rings. The van der Waals surface area contributed by atoms with Gasteiger partial charge in [-0.15, -0.1) is 12.4 Å². The normalized spacial score (nSPS) is 34.8. The molecule has 3 nitrogen and oxygen atoms in total. The smallest absolute Gasteiger partial charge is 0.223 e. The number of halogens is 1. The average molecular weight is 247 g/mol. The predicted octanol–water partition coefficient (Wildman–Crippen LogP) is 1.71. The van der Waals surface area contributed by atoms with Crippen molar-refractivity contribution >= 4 is 18.3 Å². The Balaban J connectivity index is 0.00000128. The highest BCUT2D eigenvalue weighted by Crippen LogP contribution is 2.27. The maximum Gasteiger partial charge on any atom is 0.223 e. The monoisotopic (exact) mass is 246 g/mol. The predicted molar refractivity (Wildman–Crippen MR) is 67.8 cm³/mol. The van der Waals surface area contributed by atoms with Gasteiger partial charge in [-0.2, -0.15) is 0 Å². The van der Waals surface area contributed by atoms with E-state index < -0.39 is 0 Å². The summed E-state index contributed by atoms with van der Waals surface area (Å²) in [5.41, 5.74) is 0. The van der Waals surface area contributed by atoms with Crippen LogP contribution in [0.25, 0.3) is 0 Å². The van der Waals surface area contributed by atoms with Crippen LogP contribution in [0.2, 0.25) is 0 Å². The van der Waals surface area contributed by atoms with Gasteiger partial charge >= 0.3 is 0 Å². The maximum absolute atomic E-state index is 11.8. The van der Waals surface area contributed by atoms with Gasteiger partial charge in [0.25, 0.3) is 0 Å². The summed E-state index contributed by atoms with van der Waals surface area (Å²) in [5.74, 6) is 1.20. The van der Waals surface area contributed by atoms with Gasteiger partial charge in [-0.25, -0.2) is 0 Å². The molecule has 1 aliphatic heterocycles. The molecule has 0 aromatic carbocycles. The maximum atomic E-state index is 11.8. The van der Waals surface area contributed by atoms with Gasteiger partial charge in [-0.05, 0) is 38.6 Å². The van der Waals surface area contributed by atoms with E-state index in [1.165, 1.54) is 12.8 Å². The van der Waals surface area contributed by atoms with Crippen LogP contribution < -0.4 is 10.6 Å². The lowest BCUT2D eigenvalue weighted by Gasteiger charge is -2.37. The van der Waals surface area contributed by atoms with Crippen LogP contribution in [-0.4, -0.2) is 24.5 Å². The van der Waals surface area contributed by atoms with Crippen molar-refractivity contribution in [1.82, 2.24) is 10.6 Å². The molecule has 0 spiro atoms. The van der Waals surface area contributed by atoms with E-state index in [1.54, 1.807) is 0 Å². The van der Waals surface area contributed by atoms with Crippen molar-refractivity contribution in [2.45, 2.75) is 51.6 Å². The molecule has 2 fully saturated rings. The lowest BCUT2D eigenvalue weighted by Crippen LogP contribution is -2.57. The summed E-state index contributed by atoms with van der Waals surface area (Å²) in [4.78, 5) is 11.8. The minimum Gasteiger partial charge on any atom is -0.351 e. The number of amides is 1. The Morgan fingerprint density at radius 2 is 1.94 bits per heavy atom. The van der Waals surface area contributed by atoms with Gasteiger partial charge in [-0.1, -0.05) is 13.3 Å². The molecular formula is C12H23ClN2O. The van der Waals surface area contributed by atoms with E-state index in [0.717, 1.165) is 19.4 Å². The van der Waals surface area contributed by atoms with Crippen molar-refractivity contribution in [3.05, 3.63) is 0 Å².